The van der Waals surface area contributed by atoms with E-state index < -0.39 is 0 Å². The molecule has 40 valence electrons. The number of hydrogen-bond donors (Lipinski definition) is 1. The molecule has 0 aromatic rings. The molecule has 0 fully saturated rings. The maximum atomic E-state index is 5.00. The Balaban J connectivity index is 3.09. The maximum Gasteiger partial charge on any atom is 0.0360 e. The topological polar surface area (TPSA) is 38.4 Å². The summed E-state index contributed by atoms with van der Waals surface area (Å²) in [6.45, 7) is 2.80. The SMILES string of the molecule is CCN=CC=CN. The van der Waals surface area contributed by atoms with E-state index in [2.05, 4.69) is 4.99 Å². The average Bonchev–Trinajstić information content (AvgIpc) is 1.69. The molecule has 7 heavy (non-hydrogen) atoms. The van der Waals surface area contributed by atoms with Crippen LogP contribution >= 0.6 is 0 Å². The van der Waals surface area contributed by atoms with Gasteiger partial charge in [0.15, 0.2) is 0 Å². The highest BCUT2D eigenvalue weighted by Crippen LogP contribution is 1.62. The first-order valence-corrected chi connectivity index (χ1v) is 2.28. The Morgan fingerprint density at radius 3 is 2.86 bits per heavy atom. The molecule has 2 N–H and O–H groups in total. The van der Waals surface area contributed by atoms with Gasteiger partial charge in [-0.15, -0.1) is 0 Å². The zero-order chi connectivity index (χ0) is 5.54. The van der Waals surface area contributed by atoms with Crippen LogP contribution in [0.15, 0.2) is 17.3 Å². The van der Waals surface area contributed by atoms with Gasteiger partial charge in [-0.3, -0.25) is 4.99 Å². The third-order valence-corrected chi connectivity index (χ3v) is 0.485. The monoisotopic (exact) mass is 98.1 g/mol. The minimum absolute atomic E-state index is 0.824. The number of nitrogens with two attached hydrogens (primary N) is 1. The van der Waals surface area contributed by atoms with Gasteiger partial charge in [0.1, 0.15) is 0 Å². The second-order valence-electron chi connectivity index (χ2n) is 1.03. The molecule has 0 saturated carbocycles. The van der Waals surface area contributed by atoms with Gasteiger partial charge in [0.25, 0.3) is 0 Å². The first-order valence-electron chi connectivity index (χ1n) is 2.28. The van der Waals surface area contributed by atoms with Crippen molar-refractivity contribution in [1.29, 1.82) is 0 Å². The van der Waals surface area contributed by atoms with Crippen molar-refractivity contribution in [3.05, 3.63) is 12.3 Å². The van der Waals surface area contributed by atoms with Crippen LogP contribution in [0.25, 0.3) is 0 Å². The molecule has 0 heterocycles. The third kappa shape index (κ3) is 5.21. The lowest BCUT2D eigenvalue weighted by molar-refractivity contribution is 1.14. The van der Waals surface area contributed by atoms with Crippen LogP contribution < -0.4 is 5.73 Å². The zero-order valence-electron chi connectivity index (χ0n) is 4.46. The van der Waals surface area contributed by atoms with Gasteiger partial charge in [-0.05, 0) is 19.2 Å². The molecule has 0 rings (SSSR count). The molecule has 0 aliphatic rings. The van der Waals surface area contributed by atoms with Gasteiger partial charge in [0, 0.05) is 12.8 Å². The predicted molar refractivity (Wildman–Crippen MR) is 32.4 cm³/mol. The minimum atomic E-state index is 0.824. The molecule has 0 aliphatic heterocycles. The number of nitrogens with zero attached hydrogens (tertiary/aromatic N) is 1. The van der Waals surface area contributed by atoms with E-state index in [1.165, 1.54) is 6.20 Å². The first-order chi connectivity index (χ1) is 3.41. The molecule has 2 heteroatoms. The van der Waals surface area contributed by atoms with E-state index in [1.807, 2.05) is 6.92 Å². The van der Waals surface area contributed by atoms with Crippen molar-refractivity contribution in [3.8, 4) is 0 Å². The van der Waals surface area contributed by atoms with E-state index in [-0.39, 0.29) is 0 Å². The van der Waals surface area contributed by atoms with Crippen LogP contribution in [0.3, 0.4) is 0 Å². The lowest BCUT2D eigenvalue weighted by Crippen LogP contribution is -1.76. The largest absolute Gasteiger partial charge is 0.405 e. The van der Waals surface area contributed by atoms with Crippen molar-refractivity contribution in [1.82, 2.24) is 0 Å². The Morgan fingerprint density at radius 1 is 1.71 bits per heavy atom. The fourth-order valence-corrected chi connectivity index (χ4v) is 0.216. The molecule has 0 atom stereocenters. The molecular formula is C5H10N2. The predicted octanol–water partition coefficient (Wildman–Crippen LogP) is 0.550. The van der Waals surface area contributed by atoms with Crippen LogP contribution in [0, 0.1) is 0 Å². The van der Waals surface area contributed by atoms with Gasteiger partial charge in [0.05, 0.1) is 0 Å². The van der Waals surface area contributed by atoms with E-state index in [0.717, 1.165) is 6.54 Å². The van der Waals surface area contributed by atoms with Gasteiger partial charge >= 0.3 is 0 Å². The average molecular weight is 98.1 g/mol. The van der Waals surface area contributed by atoms with Gasteiger partial charge < -0.3 is 5.73 Å². The minimum Gasteiger partial charge on any atom is -0.405 e. The maximum absolute atomic E-state index is 5.00. The summed E-state index contributed by atoms with van der Waals surface area (Å²) >= 11 is 0. The van der Waals surface area contributed by atoms with Crippen molar-refractivity contribution in [2.45, 2.75) is 6.92 Å². The summed E-state index contributed by atoms with van der Waals surface area (Å²) in [6.07, 6.45) is 4.84. The lowest BCUT2D eigenvalue weighted by Gasteiger charge is -1.72. The Morgan fingerprint density at radius 2 is 2.43 bits per heavy atom. The fourth-order valence-electron chi connectivity index (χ4n) is 0.216. The lowest BCUT2D eigenvalue weighted by atomic mass is 10.6. The molecule has 0 aliphatic carbocycles. The van der Waals surface area contributed by atoms with E-state index in [4.69, 9.17) is 5.73 Å². The van der Waals surface area contributed by atoms with Crippen molar-refractivity contribution in [2.75, 3.05) is 6.54 Å². The molecule has 0 spiro atoms. The van der Waals surface area contributed by atoms with Gasteiger partial charge in [-0.2, -0.15) is 0 Å². The number of aliphatic imine (C=N–C) groups is 1. The molecule has 2 nitrogen and oxygen atoms in total. The van der Waals surface area contributed by atoms with Gasteiger partial charge in [0.2, 0.25) is 0 Å². The molecular weight excluding hydrogens is 88.1 g/mol. The Labute approximate surface area is 43.7 Å². The van der Waals surface area contributed by atoms with Crippen LogP contribution in [0.1, 0.15) is 6.92 Å². The summed E-state index contributed by atoms with van der Waals surface area (Å²) in [5, 5.41) is 0. The van der Waals surface area contributed by atoms with Crippen LogP contribution in [-0.2, 0) is 0 Å². The summed E-state index contributed by atoms with van der Waals surface area (Å²) in [5.41, 5.74) is 5.00. The second kappa shape index (κ2) is 5.21. The molecule has 0 amide bonds. The number of hydrogen-bond acceptors (Lipinski definition) is 2. The highest BCUT2D eigenvalue weighted by atomic mass is 14.7. The third-order valence-electron chi connectivity index (χ3n) is 0.485. The van der Waals surface area contributed by atoms with Crippen molar-refractivity contribution < 1.29 is 0 Å². The molecule has 0 saturated heterocycles. The molecule has 0 aromatic carbocycles. The molecule has 0 bridgehead atoms. The molecule has 0 aromatic heterocycles. The van der Waals surface area contributed by atoms with E-state index >= 15 is 0 Å². The highest BCUT2D eigenvalue weighted by molar-refractivity contribution is 5.70. The van der Waals surface area contributed by atoms with Gasteiger partial charge in [-0.1, -0.05) is 0 Å². The Kier molecular flexibility index (Phi) is 4.62. The normalized spacial score (nSPS) is 11.6. The Bertz CT molecular complexity index is 74.1. The van der Waals surface area contributed by atoms with Gasteiger partial charge in [-0.25, -0.2) is 0 Å². The number of allylic oxidation sites excluding steroid dienone is 1. The zero-order valence-corrected chi connectivity index (χ0v) is 4.46. The highest BCUT2D eigenvalue weighted by Gasteiger charge is 1.57. The fraction of sp³-hybridized carbons (Fsp3) is 0.400. The molecule has 0 unspecified atom stereocenters. The van der Waals surface area contributed by atoms with Crippen LogP contribution in [-0.4, -0.2) is 12.8 Å². The summed E-state index contributed by atoms with van der Waals surface area (Å²) in [5.74, 6) is 0. The van der Waals surface area contributed by atoms with E-state index in [0.29, 0.717) is 0 Å². The summed E-state index contributed by atoms with van der Waals surface area (Å²) in [6, 6.07) is 0. The van der Waals surface area contributed by atoms with Crippen LogP contribution in [0.2, 0.25) is 0 Å². The standard InChI is InChI=1S/C5H10N2/c1-2-7-5-3-4-6/h3-5H,2,6H2,1H3. The smallest absolute Gasteiger partial charge is 0.0360 e. The summed E-state index contributed by atoms with van der Waals surface area (Å²) in [7, 11) is 0. The van der Waals surface area contributed by atoms with Crippen LogP contribution in [0.5, 0.6) is 0 Å². The molecule has 0 radical (unpaired) electrons. The summed E-state index contributed by atoms with van der Waals surface area (Å²) < 4.78 is 0. The first kappa shape index (κ1) is 6.21. The Hall–Kier alpha value is -0.790. The van der Waals surface area contributed by atoms with E-state index in [9.17, 15) is 0 Å². The van der Waals surface area contributed by atoms with Crippen molar-refractivity contribution >= 4 is 6.21 Å². The number of rotatable bonds is 2. The van der Waals surface area contributed by atoms with Crippen molar-refractivity contribution in [2.24, 2.45) is 10.7 Å². The van der Waals surface area contributed by atoms with Crippen LogP contribution in [0.4, 0.5) is 0 Å². The second-order valence-corrected chi connectivity index (χ2v) is 1.03. The van der Waals surface area contributed by atoms with E-state index in [1.54, 1.807) is 12.3 Å². The quantitative estimate of drug-likeness (QED) is 0.503. The summed E-state index contributed by atoms with van der Waals surface area (Å²) in [4.78, 5) is 3.87. The van der Waals surface area contributed by atoms with Crippen molar-refractivity contribution in [3.63, 3.8) is 0 Å².